The number of aryl methyl sites for hydroxylation is 3. The molecule has 0 aliphatic rings. The highest BCUT2D eigenvalue weighted by Crippen LogP contribution is 2.32. The molecule has 0 fully saturated rings. The summed E-state index contributed by atoms with van der Waals surface area (Å²) < 4.78 is 10.6. The van der Waals surface area contributed by atoms with E-state index < -0.39 is 11.9 Å². The minimum Gasteiger partial charge on any atom is -0.496 e. The smallest absolute Gasteiger partial charge is 0.336 e. The number of carbonyl (C=O) groups is 4. The summed E-state index contributed by atoms with van der Waals surface area (Å²) in [6.45, 7) is 8.68. The molecule has 3 aromatic carbocycles. The Bertz CT molecular complexity index is 1900. The Morgan fingerprint density at radius 2 is 1.26 bits per heavy atom. The van der Waals surface area contributed by atoms with Crippen molar-refractivity contribution in [2.75, 3.05) is 14.2 Å². The van der Waals surface area contributed by atoms with Crippen LogP contribution in [0.3, 0.4) is 0 Å². The summed E-state index contributed by atoms with van der Waals surface area (Å²) >= 11 is 7.24. The molecule has 2 N–H and O–H groups in total. The number of allylic oxidation sites excluding steroid dienone is 2. The molecule has 4 aromatic rings. The summed E-state index contributed by atoms with van der Waals surface area (Å²) in [7, 11) is 2.91. The molecule has 4 rings (SSSR count). The highest BCUT2D eigenvalue weighted by atomic mass is 35.5. The van der Waals surface area contributed by atoms with Crippen LogP contribution in [-0.4, -0.2) is 47.9 Å². The van der Waals surface area contributed by atoms with Crippen LogP contribution in [0.1, 0.15) is 79.7 Å². The minimum atomic E-state index is -1.04. The molecule has 1 heterocycles. The molecule has 0 aliphatic heterocycles. The molecule has 0 atom stereocenters. The number of ketones is 2. The highest BCUT2D eigenvalue weighted by molar-refractivity contribution is 7.12. The van der Waals surface area contributed by atoms with Crippen LogP contribution in [0.2, 0.25) is 5.02 Å². The zero-order valence-electron chi connectivity index (χ0n) is 27.1. The van der Waals surface area contributed by atoms with Gasteiger partial charge < -0.3 is 19.7 Å². The van der Waals surface area contributed by atoms with E-state index in [1.165, 1.54) is 37.7 Å². The van der Waals surface area contributed by atoms with E-state index in [1.54, 1.807) is 76.2 Å². The predicted octanol–water partition coefficient (Wildman–Crippen LogP) is 8.84. The zero-order valence-corrected chi connectivity index (χ0v) is 28.6. The van der Waals surface area contributed by atoms with E-state index >= 15 is 0 Å². The van der Waals surface area contributed by atoms with Crippen LogP contribution in [0.4, 0.5) is 0 Å². The van der Waals surface area contributed by atoms with Crippen molar-refractivity contribution < 1.29 is 38.9 Å². The molecule has 0 radical (unpaired) electrons. The molecule has 0 saturated heterocycles. The average molecular weight is 675 g/mol. The zero-order chi connectivity index (χ0) is 35.0. The van der Waals surface area contributed by atoms with E-state index in [0.29, 0.717) is 49.0 Å². The Labute approximate surface area is 282 Å². The maximum Gasteiger partial charge on any atom is 0.336 e. The van der Waals surface area contributed by atoms with E-state index in [2.05, 4.69) is 0 Å². The van der Waals surface area contributed by atoms with Crippen molar-refractivity contribution in [3.63, 3.8) is 0 Å². The summed E-state index contributed by atoms with van der Waals surface area (Å²) in [5.41, 5.74) is 5.46. The van der Waals surface area contributed by atoms with Gasteiger partial charge in [0.25, 0.3) is 0 Å². The monoisotopic (exact) mass is 674 g/mol. The Hall–Kier alpha value is -4.99. The molecule has 8 nitrogen and oxygen atoms in total. The number of thiophene rings is 1. The number of ether oxygens (including phenoxy) is 2. The van der Waals surface area contributed by atoms with Crippen molar-refractivity contribution in [1.82, 2.24) is 0 Å². The summed E-state index contributed by atoms with van der Waals surface area (Å²) in [5.74, 6) is -1.62. The number of benzene rings is 3. The van der Waals surface area contributed by atoms with Gasteiger partial charge in [-0.2, -0.15) is 0 Å². The van der Waals surface area contributed by atoms with Gasteiger partial charge in [0, 0.05) is 21.7 Å². The fourth-order valence-corrected chi connectivity index (χ4v) is 6.05. The van der Waals surface area contributed by atoms with Crippen LogP contribution in [0.5, 0.6) is 11.5 Å². The Morgan fingerprint density at radius 3 is 1.77 bits per heavy atom. The van der Waals surface area contributed by atoms with E-state index in [4.69, 9.17) is 21.1 Å². The molecule has 0 unspecified atom stereocenters. The summed E-state index contributed by atoms with van der Waals surface area (Å²) in [4.78, 5) is 48.1. The SMILES string of the molecule is COc1c(C(=O)C=Cc2ccc(Cl)cc2)cc(C)c(C(=O)O)c1C.COc1c(C=CC(=O)c2cc(C)cs2)cc(C)c(C(=O)O)c1C. The van der Waals surface area contributed by atoms with Gasteiger partial charge in [-0.25, -0.2) is 9.59 Å². The van der Waals surface area contributed by atoms with E-state index in [9.17, 15) is 29.4 Å². The molecule has 0 bridgehead atoms. The van der Waals surface area contributed by atoms with Gasteiger partial charge in [-0.3, -0.25) is 9.59 Å². The van der Waals surface area contributed by atoms with Crippen LogP contribution >= 0.6 is 22.9 Å². The molecule has 0 saturated carbocycles. The lowest BCUT2D eigenvalue weighted by Crippen LogP contribution is -2.09. The second-order valence-corrected chi connectivity index (χ2v) is 12.0. The number of carboxylic acid groups (broad SMARTS) is 2. The van der Waals surface area contributed by atoms with E-state index in [1.807, 2.05) is 18.4 Å². The fraction of sp³-hybridized carbons (Fsp3) is 0.189. The highest BCUT2D eigenvalue weighted by Gasteiger charge is 2.21. The third kappa shape index (κ3) is 8.84. The summed E-state index contributed by atoms with van der Waals surface area (Å²) in [6.07, 6.45) is 6.26. The summed E-state index contributed by atoms with van der Waals surface area (Å²) in [5, 5.41) is 21.2. The van der Waals surface area contributed by atoms with Crippen molar-refractivity contribution in [1.29, 1.82) is 0 Å². The van der Waals surface area contributed by atoms with Crippen molar-refractivity contribution >= 4 is 58.6 Å². The van der Waals surface area contributed by atoms with Crippen LogP contribution in [0.15, 0.2) is 60.0 Å². The summed E-state index contributed by atoms with van der Waals surface area (Å²) in [6, 6.07) is 12.2. The number of rotatable bonds is 10. The normalized spacial score (nSPS) is 10.9. The topological polar surface area (TPSA) is 127 Å². The average Bonchev–Trinajstić information content (AvgIpc) is 3.45. The first-order valence-corrected chi connectivity index (χ1v) is 15.5. The second-order valence-electron chi connectivity index (χ2n) is 10.6. The number of hydrogen-bond acceptors (Lipinski definition) is 7. The van der Waals surface area contributed by atoms with Gasteiger partial charge in [0.2, 0.25) is 0 Å². The van der Waals surface area contributed by atoms with Crippen LogP contribution in [0.25, 0.3) is 12.2 Å². The molecule has 10 heteroatoms. The molecule has 1 aromatic heterocycles. The standard InChI is InChI=1S/C19H17ClO4.C18H18O4S/c1-11-10-15(18(24-3)12(2)17(11)19(22)23)16(21)9-6-13-4-7-14(20)8-5-13;1-10-7-15(23-9-10)14(19)6-5-13-8-11(2)16(18(20)21)12(3)17(13)22-4/h4-10H,1-3H3,(H,22,23);5-9H,1-4H3,(H,20,21). The second kappa shape index (κ2) is 16.0. The maximum atomic E-state index is 12.5. The molecular weight excluding hydrogens is 640 g/mol. The predicted molar refractivity (Wildman–Crippen MR) is 186 cm³/mol. The first-order chi connectivity index (χ1) is 22.2. The lowest BCUT2D eigenvalue weighted by Gasteiger charge is -2.14. The third-order valence-corrected chi connectivity index (χ3v) is 8.56. The first kappa shape index (κ1) is 36.5. The van der Waals surface area contributed by atoms with Gasteiger partial charge in [0.1, 0.15) is 11.5 Å². The van der Waals surface area contributed by atoms with E-state index in [0.717, 1.165) is 11.1 Å². The van der Waals surface area contributed by atoms with Gasteiger partial charge in [0.05, 0.1) is 35.8 Å². The number of hydrogen-bond donors (Lipinski definition) is 2. The number of halogens is 1. The molecule has 0 aliphatic carbocycles. The molecule has 0 spiro atoms. The fourth-order valence-electron chi connectivity index (χ4n) is 5.10. The Balaban J connectivity index is 0.000000256. The van der Waals surface area contributed by atoms with Crippen LogP contribution in [-0.2, 0) is 0 Å². The van der Waals surface area contributed by atoms with Gasteiger partial charge in [0.15, 0.2) is 11.6 Å². The molecular formula is C37H35ClO8S. The Morgan fingerprint density at radius 1 is 0.723 bits per heavy atom. The van der Waals surface area contributed by atoms with Crippen LogP contribution in [0, 0.1) is 34.6 Å². The van der Waals surface area contributed by atoms with Crippen molar-refractivity contribution in [2.45, 2.75) is 34.6 Å². The first-order valence-electron chi connectivity index (χ1n) is 14.3. The molecule has 47 heavy (non-hydrogen) atoms. The maximum absolute atomic E-state index is 12.5. The van der Waals surface area contributed by atoms with Crippen LogP contribution < -0.4 is 9.47 Å². The van der Waals surface area contributed by atoms with Gasteiger partial charge in [-0.1, -0.05) is 29.8 Å². The third-order valence-electron chi connectivity index (χ3n) is 7.25. The van der Waals surface area contributed by atoms with Gasteiger partial charge >= 0.3 is 11.9 Å². The number of carbonyl (C=O) groups excluding carboxylic acids is 2. The number of aromatic carboxylic acids is 2. The largest absolute Gasteiger partial charge is 0.496 e. The van der Waals surface area contributed by atoms with Crippen molar-refractivity contribution in [2.24, 2.45) is 0 Å². The van der Waals surface area contributed by atoms with E-state index in [-0.39, 0.29) is 28.4 Å². The van der Waals surface area contributed by atoms with Gasteiger partial charge in [-0.05, 0) is 111 Å². The molecule has 244 valence electrons. The quantitative estimate of drug-likeness (QED) is 0.126. The number of methoxy groups -OCH3 is 2. The number of carboxylic acids is 2. The lowest BCUT2D eigenvalue weighted by atomic mass is 9.95. The minimum absolute atomic E-state index is 0.0808. The van der Waals surface area contributed by atoms with Crippen molar-refractivity contribution in [3.8, 4) is 11.5 Å². The molecule has 0 amide bonds. The van der Waals surface area contributed by atoms with Gasteiger partial charge in [-0.15, -0.1) is 11.3 Å². The van der Waals surface area contributed by atoms with Crippen molar-refractivity contribution in [3.05, 3.63) is 126 Å². The lowest BCUT2D eigenvalue weighted by molar-refractivity contribution is 0.0684. The Kier molecular flexibility index (Phi) is 12.4.